The first kappa shape index (κ1) is 15.3. The van der Waals surface area contributed by atoms with Crippen LogP contribution in [0, 0.1) is 13.8 Å². The molecule has 2 fully saturated rings. The van der Waals surface area contributed by atoms with Gasteiger partial charge < -0.3 is 14.2 Å². The van der Waals surface area contributed by atoms with Gasteiger partial charge in [-0.05, 0) is 26.7 Å². The van der Waals surface area contributed by atoms with Crippen LogP contribution in [0.2, 0.25) is 0 Å². The average molecular weight is 330 g/mol. The molecule has 24 heavy (non-hydrogen) atoms. The zero-order chi connectivity index (χ0) is 16.7. The van der Waals surface area contributed by atoms with Crippen LogP contribution < -0.4 is 10.5 Å². The second kappa shape index (κ2) is 6.01. The van der Waals surface area contributed by atoms with Crippen LogP contribution in [0.3, 0.4) is 0 Å². The summed E-state index contributed by atoms with van der Waals surface area (Å²) in [4.78, 5) is 23.4. The van der Waals surface area contributed by atoms with E-state index >= 15 is 0 Å². The van der Waals surface area contributed by atoms with Crippen LogP contribution in [0.5, 0.6) is 0 Å². The Hall–Kier alpha value is -2.22. The third-order valence-electron chi connectivity index (χ3n) is 4.57. The Morgan fingerprint density at radius 3 is 2.88 bits per heavy atom. The smallest absolute Gasteiger partial charge is 0.293 e. The number of morpholine rings is 1. The number of aryl methyl sites for hydroxylation is 2. The molecule has 1 saturated heterocycles. The van der Waals surface area contributed by atoms with Crippen molar-refractivity contribution in [3.05, 3.63) is 34.4 Å². The molecule has 4 rings (SSSR count). The lowest BCUT2D eigenvalue weighted by Crippen LogP contribution is -2.47. The Labute approximate surface area is 140 Å². The van der Waals surface area contributed by atoms with E-state index < -0.39 is 0 Å². The molecule has 2 aliphatic rings. The van der Waals surface area contributed by atoms with Gasteiger partial charge in [-0.3, -0.25) is 4.79 Å². The molecule has 0 radical (unpaired) electrons. The number of hydrogen-bond donors (Lipinski definition) is 0. The molecule has 1 unspecified atom stereocenters. The van der Waals surface area contributed by atoms with Crippen LogP contribution in [-0.4, -0.2) is 50.1 Å². The highest BCUT2D eigenvalue weighted by molar-refractivity contribution is 5.36. The van der Waals surface area contributed by atoms with Gasteiger partial charge in [-0.2, -0.15) is 5.10 Å². The third-order valence-corrected chi connectivity index (χ3v) is 4.57. The highest BCUT2D eigenvalue weighted by Crippen LogP contribution is 2.33. The van der Waals surface area contributed by atoms with Gasteiger partial charge in [-0.15, -0.1) is 0 Å². The second-order valence-electron chi connectivity index (χ2n) is 6.52. The molecule has 0 N–H and O–H groups in total. The van der Waals surface area contributed by atoms with Crippen molar-refractivity contribution in [2.45, 2.75) is 45.4 Å². The first-order valence-corrected chi connectivity index (χ1v) is 8.43. The van der Waals surface area contributed by atoms with Crippen molar-refractivity contribution in [3.8, 4) is 0 Å². The van der Waals surface area contributed by atoms with Crippen molar-refractivity contribution in [2.75, 3.05) is 24.6 Å². The summed E-state index contributed by atoms with van der Waals surface area (Å²) >= 11 is 0. The molecule has 1 aliphatic carbocycles. The SMILES string of the molecule is Cc1nc(C)n(CC2CN(c3nccn(C4CC4)c3=O)CCO2)n1. The molecule has 1 saturated carbocycles. The first-order valence-electron chi connectivity index (χ1n) is 8.43. The van der Waals surface area contributed by atoms with E-state index in [0.29, 0.717) is 38.1 Å². The lowest BCUT2D eigenvalue weighted by atomic mass is 10.2. The zero-order valence-electron chi connectivity index (χ0n) is 14.1. The summed E-state index contributed by atoms with van der Waals surface area (Å²) < 4.78 is 9.54. The van der Waals surface area contributed by atoms with Crippen LogP contribution in [0.1, 0.15) is 30.5 Å². The third kappa shape index (κ3) is 2.93. The van der Waals surface area contributed by atoms with Crippen molar-refractivity contribution < 1.29 is 4.74 Å². The maximum absolute atomic E-state index is 12.7. The molecule has 0 aromatic carbocycles. The summed E-state index contributed by atoms with van der Waals surface area (Å²) in [5.74, 6) is 2.17. The number of aromatic nitrogens is 5. The number of anilines is 1. The fourth-order valence-corrected chi connectivity index (χ4v) is 3.22. The number of hydrogen-bond acceptors (Lipinski definition) is 6. The van der Waals surface area contributed by atoms with Gasteiger partial charge in [0.2, 0.25) is 0 Å². The lowest BCUT2D eigenvalue weighted by Gasteiger charge is -2.33. The highest BCUT2D eigenvalue weighted by atomic mass is 16.5. The van der Waals surface area contributed by atoms with E-state index in [9.17, 15) is 4.79 Å². The topological polar surface area (TPSA) is 78.1 Å². The number of ether oxygens (including phenoxy) is 1. The maximum Gasteiger partial charge on any atom is 0.293 e. The normalized spacial score (nSPS) is 21.2. The van der Waals surface area contributed by atoms with Gasteiger partial charge in [0.1, 0.15) is 11.6 Å². The monoisotopic (exact) mass is 330 g/mol. The lowest BCUT2D eigenvalue weighted by molar-refractivity contribution is 0.0265. The van der Waals surface area contributed by atoms with Gasteiger partial charge in [-0.25, -0.2) is 14.6 Å². The summed E-state index contributed by atoms with van der Waals surface area (Å²) in [6.45, 7) is 6.35. The van der Waals surface area contributed by atoms with E-state index in [1.807, 2.05) is 28.0 Å². The van der Waals surface area contributed by atoms with Crippen molar-refractivity contribution in [1.29, 1.82) is 0 Å². The van der Waals surface area contributed by atoms with Crippen LogP contribution >= 0.6 is 0 Å². The summed E-state index contributed by atoms with van der Waals surface area (Å²) in [5, 5.41) is 4.39. The quantitative estimate of drug-likeness (QED) is 0.821. The standard InChI is InChI=1S/C16H22N6O2/c1-11-18-12(2)22(19-11)10-14-9-20(7-8-24-14)15-16(23)21(6-5-17-15)13-3-4-13/h5-6,13-14H,3-4,7-10H2,1-2H3. The second-order valence-corrected chi connectivity index (χ2v) is 6.52. The molecule has 8 heteroatoms. The Kier molecular flexibility index (Phi) is 3.84. The fraction of sp³-hybridized carbons (Fsp3) is 0.625. The number of nitrogens with zero attached hydrogens (tertiary/aromatic N) is 6. The van der Waals surface area contributed by atoms with Crippen molar-refractivity contribution >= 4 is 5.82 Å². The molecule has 128 valence electrons. The van der Waals surface area contributed by atoms with Gasteiger partial charge in [0.05, 0.1) is 19.3 Å². The Morgan fingerprint density at radius 2 is 2.17 bits per heavy atom. The van der Waals surface area contributed by atoms with Gasteiger partial charge in [-0.1, -0.05) is 0 Å². The molecule has 1 aliphatic heterocycles. The molecule has 8 nitrogen and oxygen atoms in total. The molecule has 2 aromatic rings. The molecule has 0 amide bonds. The molecule has 2 aromatic heterocycles. The van der Waals surface area contributed by atoms with Crippen molar-refractivity contribution in [3.63, 3.8) is 0 Å². The van der Waals surface area contributed by atoms with Crippen LogP contribution in [0.15, 0.2) is 17.2 Å². The Morgan fingerprint density at radius 1 is 1.33 bits per heavy atom. The fourth-order valence-electron chi connectivity index (χ4n) is 3.22. The van der Waals surface area contributed by atoms with Gasteiger partial charge in [0.25, 0.3) is 5.56 Å². The summed E-state index contributed by atoms with van der Waals surface area (Å²) in [7, 11) is 0. The average Bonchev–Trinajstić information content (AvgIpc) is 3.34. The maximum atomic E-state index is 12.7. The predicted molar refractivity (Wildman–Crippen MR) is 88.2 cm³/mol. The molecule has 0 spiro atoms. The van der Waals surface area contributed by atoms with Crippen LogP contribution in [0.4, 0.5) is 5.82 Å². The molecule has 3 heterocycles. The van der Waals surface area contributed by atoms with E-state index in [-0.39, 0.29) is 11.7 Å². The summed E-state index contributed by atoms with van der Waals surface area (Å²) in [5.41, 5.74) is 0.00781. The van der Waals surface area contributed by atoms with Crippen molar-refractivity contribution in [1.82, 2.24) is 24.3 Å². The summed E-state index contributed by atoms with van der Waals surface area (Å²) in [6, 6.07) is 0.358. The zero-order valence-corrected chi connectivity index (χ0v) is 14.1. The van der Waals surface area contributed by atoms with Crippen LogP contribution in [0.25, 0.3) is 0 Å². The van der Waals surface area contributed by atoms with E-state index in [1.54, 1.807) is 12.4 Å². The minimum absolute atomic E-state index is 0.00781. The van der Waals surface area contributed by atoms with E-state index in [1.165, 1.54) is 0 Å². The van der Waals surface area contributed by atoms with E-state index in [4.69, 9.17) is 4.74 Å². The first-order chi connectivity index (χ1) is 11.6. The molecule has 1 atom stereocenters. The minimum Gasteiger partial charge on any atom is -0.373 e. The molecular formula is C16H22N6O2. The highest BCUT2D eigenvalue weighted by Gasteiger charge is 2.28. The van der Waals surface area contributed by atoms with Gasteiger partial charge in [0.15, 0.2) is 5.82 Å². The molecular weight excluding hydrogens is 308 g/mol. The molecule has 0 bridgehead atoms. The Bertz CT molecular complexity index is 794. The minimum atomic E-state index is -0.0330. The van der Waals surface area contributed by atoms with E-state index in [2.05, 4.69) is 15.1 Å². The predicted octanol–water partition coefficient (Wildman–Crippen LogP) is 0.692. The largest absolute Gasteiger partial charge is 0.373 e. The number of rotatable bonds is 4. The van der Waals surface area contributed by atoms with Crippen LogP contribution in [-0.2, 0) is 11.3 Å². The van der Waals surface area contributed by atoms with E-state index in [0.717, 1.165) is 24.5 Å². The Balaban J connectivity index is 1.52. The van der Waals surface area contributed by atoms with Gasteiger partial charge in [0, 0.05) is 31.5 Å². The van der Waals surface area contributed by atoms with Crippen molar-refractivity contribution in [2.24, 2.45) is 0 Å². The summed E-state index contributed by atoms with van der Waals surface area (Å²) in [6.07, 6.45) is 5.65. The van der Waals surface area contributed by atoms with Gasteiger partial charge >= 0.3 is 0 Å².